The summed E-state index contributed by atoms with van der Waals surface area (Å²) in [5.41, 5.74) is 22.2. The Labute approximate surface area is 621 Å². The van der Waals surface area contributed by atoms with Crippen molar-refractivity contribution in [1.29, 1.82) is 0 Å². The van der Waals surface area contributed by atoms with E-state index in [4.69, 9.17) is 24.2 Å². The van der Waals surface area contributed by atoms with Gasteiger partial charge in [0.25, 0.3) is 0 Å². The molecule has 0 radical (unpaired) electrons. The molecule has 21 aromatic rings. The number of furan rings is 4. The summed E-state index contributed by atoms with van der Waals surface area (Å²) in [4.78, 5) is 0. The molecule has 0 saturated heterocycles. The zero-order valence-electron chi connectivity index (χ0n) is 58.9. The molecule has 0 aliphatic heterocycles. The van der Waals surface area contributed by atoms with Gasteiger partial charge in [-0.2, -0.15) is 0 Å². The zero-order chi connectivity index (χ0) is 71.5. The fourth-order valence-corrected chi connectivity index (χ4v) is 17.5. The molecule has 0 atom stereocenters. The molecule has 506 valence electrons. The Hall–Kier alpha value is -14.1. The van der Waals surface area contributed by atoms with E-state index in [0.29, 0.717) is 12.8 Å². The first-order valence-corrected chi connectivity index (χ1v) is 37.0. The minimum Gasteiger partial charge on any atom is -0.455 e. The van der Waals surface area contributed by atoms with E-state index < -0.39 is 0 Å². The van der Waals surface area contributed by atoms with Gasteiger partial charge in [0, 0.05) is 42.9 Å². The molecule has 108 heavy (non-hydrogen) atoms. The lowest BCUT2D eigenvalue weighted by Crippen LogP contribution is -2.21. The van der Waals surface area contributed by atoms with Gasteiger partial charge in [-0.3, -0.25) is 0 Å². The molecular formula is C104H66O4. The highest BCUT2D eigenvalue weighted by molar-refractivity contribution is 6.34. The Bertz CT molecular complexity index is 7560. The summed E-state index contributed by atoms with van der Waals surface area (Å²) in [6.07, 6.45) is 7.83. The number of benzene rings is 16. The Morgan fingerprint density at radius 1 is 0.278 bits per heavy atom. The summed E-state index contributed by atoms with van der Waals surface area (Å²) in [7, 11) is 0. The first-order valence-electron chi connectivity index (χ1n) is 37.0. The van der Waals surface area contributed by atoms with Crippen molar-refractivity contribution in [3.05, 3.63) is 385 Å². The van der Waals surface area contributed by atoms with Crippen molar-refractivity contribution in [3.8, 4) is 44.5 Å². The molecule has 17 aromatic carbocycles. The van der Waals surface area contributed by atoms with E-state index in [-0.39, 0.29) is 0 Å². The number of hydrogen-bond acceptors (Lipinski definition) is 4. The monoisotopic (exact) mass is 1380 g/mol. The first-order chi connectivity index (χ1) is 53.5. The zero-order valence-corrected chi connectivity index (χ0v) is 58.9. The molecule has 4 nitrogen and oxygen atoms in total. The molecule has 21 rings (SSSR count). The van der Waals surface area contributed by atoms with Crippen LogP contribution in [0.2, 0.25) is 0 Å². The van der Waals surface area contributed by atoms with E-state index in [1.807, 2.05) is 30.3 Å². The third-order valence-corrected chi connectivity index (χ3v) is 22.4. The number of para-hydroxylation sites is 2. The van der Waals surface area contributed by atoms with Crippen molar-refractivity contribution < 1.29 is 17.7 Å². The fraction of sp³-hybridized carbons (Fsp3) is 0.0192. The second-order valence-electron chi connectivity index (χ2n) is 28.3. The summed E-state index contributed by atoms with van der Waals surface area (Å²) in [5.74, 6) is 0. The maximum atomic E-state index is 7.36. The Morgan fingerprint density at radius 3 is 1.53 bits per heavy atom. The second kappa shape index (κ2) is 25.4. The van der Waals surface area contributed by atoms with Crippen molar-refractivity contribution in [2.24, 2.45) is 0 Å². The molecule has 0 bridgehead atoms. The van der Waals surface area contributed by atoms with Crippen LogP contribution in [0.25, 0.3) is 210 Å². The highest BCUT2D eigenvalue weighted by atomic mass is 16.4. The van der Waals surface area contributed by atoms with Gasteiger partial charge >= 0.3 is 0 Å². The number of hydrogen-bond donors (Lipinski definition) is 0. The van der Waals surface area contributed by atoms with Gasteiger partial charge < -0.3 is 17.7 Å². The van der Waals surface area contributed by atoms with Gasteiger partial charge in [-0.05, 0) is 186 Å². The third-order valence-electron chi connectivity index (χ3n) is 22.4. The van der Waals surface area contributed by atoms with Crippen LogP contribution in [0.3, 0.4) is 0 Å². The van der Waals surface area contributed by atoms with Crippen molar-refractivity contribution in [3.63, 3.8) is 0 Å². The summed E-state index contributed by atoms with van der Waals surface area (Å²) in [6, 6.07) is 120. The molecule has 4 heterocycles. The van der Waals surface area contributed by atoms with Gasteiger partial charge in [0.1, 0.15) is 33.3 Å². The second-order valence-corrected chi connectivity index (χ2v) is 28.3. The molecule has 0 spiro atoms. The van der Waals surface area contributed by atoms with Crippen LogP contribution in [0, 0.1) is 0 Å². The number of rotatable bonds is 11. The van der Waals surface area contributed by atoms with E-state index >= 15 is 0 Å². The lowest BCUT2D eigenvalue weighted by molar-refractivity contribution is 0.565. The highest BCUT2D eigenvalue weighted by Gasteiger charge is 2.25. The van der Waals surface area contributed by atoms with E-state index in [9.17, 15) is 0 Å². The van der Waals surface area contributed by atoms with E-state index in [1.165, 1.54) is 60.1 Å². The lowest BCUT2D eigenvalue weighted by Gasteiger charge is -2.19. The van der Waals surface area contributed by atoms with Crippen LogP contribution in [0.5, 0.6) is 0 Å². The molecular weight excluding hydrogens is 1310 g/mol. The minimum absolute atomic E-state index is 0.610. The SMILES string of the molecule is C=Cc1ccccc1C(=C)c1ccccccc(-c2cccc(C/C=c3\c(=C/Cc4cccc5c(-c6c7ccccc7c(-c7cccc(-c8ccc9oc%10c(c9c8)c8ccccc8c8oc9ccccc9c8%10)c7)c7ccccc67)cccc45)oc4c5oc6ccccc6c5c5ccccc5c34)c2)c2ccccc12. The minimum atomic E-state index is 0.610. The standard InChI is InChI=1S/C104H66O4/c1-3-65-29-8-9-34-71(65)63(2)72-35-6-4-5-7-36-74(76-38-11-10-37-75(72)76)69-32-24-28-64(60-69)54-57-89-93(108-104-98(89)84-44-17-16-43-83(84)97-87-47-20-22-52-91(87)107-103(97)104)58-55-66-30-26-50-77-73(66)49-27-51-78(77)96-81-41-14-12-39-79(81)95(80-40-13-15-42-82(80)96)70-33-25-31-67(61-70)68-56-59-94-90(62-68)99-85-45-18-19-46-86(85)101-100(102(99)106-94)88-48-21-23-53-92(88)105-101/h3-53,56-62H,1-2,54-55H2/b5-4?,6-4?,7-5?,35-6?,36-7?,72-35?,74-36?,75-72?,76-74?,89-57+,93-58+. The Morgan fingerprint density at radius 2 is 0.769 bits per heavy atom. The van der Waals surface area contributed by atoms with Gasteiger partial charge in [-0.15, -0.1) is 0 Å². The molecule has 4 heteroatoms. The highest BCUT2D eigenvalue weighted by Crippen LogP contribution is 2.49. The average molecular weight is 1380 g/mol. The Balaban J connectivity index is 0.687. The van der Waals surface area contributed by atoms with Crippen LogP contribution in [0.1, 0.15) is 27.8 Å². The third kappa shape index (κ3) is 9.99. The van der Waals surface area contributed by atoms with Gasteiger partial charge in [0.2, 0.25) is 0 Å². The predicted molar refractivity (Wildman–Crippen MR) is 456 cm³/mol. The van der Waals surface area contributed by atoms with Crippen molar-refractivity contribution >= 4 is 165 Å². The summed E-state index contributed by atoms with van der Waals surface area (Å²) in [6.45, 7) is 8.87. The van der Waals surface area contributed by atoms with Crippen LogP contribution in [-0.2, 0) is 12.8 Å². The average Bonchev–Trinajstić information content (AvgIpc) is 1.45. The van der Waals surface area contributed by atoms with Crippen LogP contribution >= 0.6 is 0 Å². The van der Waals surface area contributed by atoms with E-state index in [2.05, 4.69) is 328 Å². The molecule has 0 unspecified atom stereocenters. The first kappa shape index (κ1) is 62.5. The Kier molecular flexibility index (Phi) is 14.7. The summed E-state index contributed by atoms with van der Waals surface area (Å²) < 4.78 is 27.7. The molecule has 0 aliphatic rings. The van der Waals surface area contributed by atoms with Gasteiger partial charge in [-0.1, -0.05) is 329 Å². The van der Waals surface area contributed by atoms with Crippen molar-refractivity contribution in [1.82, 2.24) is 0 Å². The normalized spacial score (nSPS) is 12.3. The molecule has 0 amide bonds. The molecule has 0 N–H and O–H groups in total. The molecule has 0 aliphatic carbocycles. The van der Waals surface area contributed by atoms with Crippen LogP contribution in [0.4, 0.5) is 0 Å². The van der Waals surface area contributed by atoms with Crippen LogP contribution < -0.4 is 10.6 Å². The largest absolute Gasteiger partial charge is 0.455 e. The van der Waals surface area contributed by atoms with Gasteiger partial charge in [-0.25, -0.2) is 0 Å². The van der Waals surface area contributed by atoms with Gasteiger partial charge in [0.05, 0.1) is 5.39 Å². The fourth-order valence-electron chi connectivity index (χ4n) is 17.5. The van der Waals surface area contributed by atoms with Crippen molar-refractivity contribution in [2.75, 3.05) is 0 Å². The van der Waals surface area contributed by atoms with E-state index in [1.54, 1.807) is 0 Å². The summed E-state index contributed by atoms with van der Waals surface area (Å²) in [5, 5.41) is 22.2. The lowest BCUT2D eigenvalue weighted by atomic mass is 9.84. The molecule has 0 saturated carbocycles. The van der Waals surface area contributed by atoms with E-state index in [0.717, 1.165) is 170 Å². The summed E-state index contributed by atoms with van der Waals surface area (Å²) >= 11 is 0. The molecule has 0 fully saturated rings. The number of fused-ring (bicyclic) bond motifs is 22. The maximum Gasteiger partial charge on any atom is 0.179 e. The van der Waals surface area contributed by atoms with Crippen LogP contribution in [-0.4, -0.2) is 0 Å². The van der Waals surface area contributed by atoms with Crippen molar-refractivity contribution in [2.45, 2.75) is 12.8 Å². The van der Waals surface area contributed by atoms with Gasteiger partial charge in [0.15, 0.2) is 11.2 Å². The van der Waals surface area contributed by atoms with Crippen LogP contribution in [0.15, 0.2) is 364 Å². The maximum absolute atomic E-state index is 7.36. The smallest absolute Gasteiger partial charge is 0.179 e. The molecule has 4 aromatic heterocycles. The topological polar surface area (TPSA) is 52.6 Å². The quantitative estimate of drug-likeness (QED) is 0.121. The predicted octanol–water partition coefficient (Wildman–Crippen LogP) is 27.6.